The summed E-state index contributed by atoms with van der Waals surface area (Å²) >= 11 is 0. The van der Waals surface area contributed by atoms with Gasteiger partial charge >= 0.3 is 0 Å². The van der Waals surface area contributed by atoms with Crippen LogP contribution in [-0.4, -0.2) is 23.6 Å². The van der Waals surface area contributed by atoms with Gasteiger partial charge in [-0.3, -0.25) is 0 Å². The maximum Gasteiger partial charge on any atom is 0.151 e. The van der Waals surface area contributed by atoms with E-state index in [1.54, 1.807) is 7.11 Å². The molecule has 0 amide bonds. The van der Waals surface area contributed by atoms with Crippen LogP contribution >= 0.6 is 0 Å². The predicted molar refractivity (Wildman–Crippen MR) is 40.3 cm³/mol. The molecule has 0 fully saturated rings. The van der Waals surface area contributed by atoms with Crippen molar-refractivity contribution >= 4 is 0 Å². The SMILES string of the molecule is C=COC.CCCC(O)O. The van der Waals surface area contributed by atoms with Crippen LogP contribution in [0.3, 0.4) is 0 Å². The third-order valence-electron chi connectivity index (χ3n) is 0.714. The number of hydrogen-bond acceptors (Lipinski definition) is 3. The van der Waals surface area contributed by atoms with Gasteiger partial charge in [0.2, 0.25) is 0 Å². The van der Waals surface area contributed by atoms with Crippen molar-refractivity contribution in [1.29, 1.82) is 0 Å². The Kier molecular flexibility index (Phi) is 13.7. The summed E-state index contributed by atoms with van der Waals surface area (Å²) in [6, 6.07) is 0. The first-order valence-corrected chi connectivity index (χ1v) is 3.18. The van der Waals surface area contributed by atoms with Gasteiger partial charge in [0.05, 0.1) is 13.4 Å². The van der Waals surface area contributed by atoms with Crippen molar-refractivity contribution in [3.63, 3.8) is 0 Å². The predicted octanol–water partition coefficient (Wildman–Crippen LogP) is 0.873. The van der Waals surface area contributed by atoms with Gasteiger partial charge in [-0.05, 0) is 6.42 Å². The minimum atomic E-state index is -1.10. The van der Waals surface area contributed by atoms with Gasteiger partial charge < -0.3 is 14.9 Å². The Morgan fingerprint density at radius 3 is 2.00 bits per heavy atom. The topological polar surface area (TPSA) is 49.7 Å². The molecule has 0 saturated heterocycles. The summed E-state index contributed by atoms with van der Waals surface area (Å²) in [5.74, 6) is 0. The summed E-state index contributed by atoms with van der Waals surface area (Å²) in [4.78, 5) is 0. The highest BCUT2D eigenvalue weighted by Gasteiger charge is 1.89. The van der Waals surface area contributed by atoms with Crippen LogP contribution < -0.4 is 0 Å². The van der Waals surface area contributed by atoms with Crippen LogP contribution in [0.4, 0.5) is 0 Å². The fourth-order valence-electron chi connectivity index (χ4n) is 0.258. The second-order valence-electron chi connectivity index (χ2n) is 1.67. The lowest BCUT2D eigenvalue weighted by molar-refractivity contribution is -0.0453. The van der Waals surface area contributed by atoms with E-state index in [0.29, 0.717) is 6.42 Å². The first-order chi connectivity index (χ1) is 4.68. The zero-order valence-electron chi connectivity index (χ0n) is 6.58. The summed E-state index contributed by atoms with van der Waals surface area (Å²) in [6.07, 6.45) is 1.59. The van der Waals surface area contributed by atoms with Crippen molar-refractivity contribution in [2.24, 2.45) is 0 Å². The summed E-state index contributed by atoms with van der Waals surface area (Å²) in [5.41, 5.74) is 0. The van der Waals surface area contributed by atoms with E-state index in [1.165, 1.54) is 6.26 Å². The lowest BCUT2D eigenvalue weighted by Crippen LogP contribution is -2.01. The van der Waals surface area contributed by atoms with Crippen LogP contribution in [0, 0.1) is 0 Å². The van der Waals surface area contributed by atoms with Crippen LogP contribution in [0.1, 0.15) is 19.8 Å². The number of aliphatic hydroxyl groups excluding tert-OH is 1. The van der Waals surface area contributed by atoms with Gasteiger partial charge in [0.1, 0.15) is 0 Å². The molecule has 0 spiro atoms. The Bertz CT molecular complexity index is 61.9. The van der Waals surface area contributed by atoms with E-state index < -0.39 is 6.29 Å². The van der Waals surface area contributed by atoms with Gasteiger partial charge in [-0.25, -0.2) is 0 Å². The molecule has 0 radical (unpaired) electrons. The highest BCUT2D eigenvalue weighted by Crippen LogP contribution is 1.88. The standard InChI is InChI=1S/C4H10O2.C3H6O/c1-2-3-4(5)6;1-3-4-2/h4-6H,2-3H2,1H3;3H,1H2,2H3. The van der Waals surface area contributed by atoms with Gasteiger partial charge in [-0.15, -0.1) is 0 Å². The second kappa shape index (κ2) is 11.3. The molecule has 0 atom stereocenters. The van der Waals surface area contributed by atoms with Crippen LogP contribution in [0.15, 0.2) is 12.8 Å². The molecule has 0 unspecified atom stereocenters. The quantitative estimate of drug-likeness (QED) is 0.461. The number of hydrogen-bond donors (Lipinski definition) is 2. The normalized spacial score (nSPS) is 8.10. The molecule has 0 saturated carbocycles. The lowest BCUT2D eigenvalue weighted by Gasteiger charge is -1.94. The fraction of sp³-hybridized carbons (Fsp3) is 0.714. The van der Waals surface area contributed by atoms with E-state index in [1.807, 2.05) is 6.92 Å². The van der Waals surface area contributed by atoms with E-state index in [-0.39, 0.29) is 0 Å². The summed E-state index contributed by atoms with van der Waals surface area (Å²) in [7, 11) is 1.56. The molecular weight excluding hydrogens is 132 g/mol. The van der Waals surface area contributed by atoms with Crippen LogP contribution in [-0.2, 0) is 4.74 Å². The molecule has 0 rings (SSSR count). The molecule has 10 heavy (non-hydrogen) atoms. The Morgan fingerprint density at radius 1 is 1.60 bits per heavy atom. The molecular formula is C7H16O3. The summed E-state index contributed by atoms with van der Waals surface area (Å²) in [6.45, 7) is 5.16. The second-order valence-corrected chi connectivity index (χ2v) is 1.67. The highest BCUT2D eigenvalue weighted by atomic mass is 16.5. The third-order valence-corrected chi connectivity index (χ3v) is 0.714. The molecule has 0 aliphatic rings. The van der Waals surface area contributed by atoms with Gasteiger partial charge in [-0.2, -0.15) is 0 Å². The van der Waals surface area contributed by atoms with E-state index in [9.17, 15) is 0 Å². The summed E-state index contributed by atoms with van der Waals surface area (Å²) in [5, 5.41) is 16.2. The van der Waals surface area contributed by atoms with E-state index >= 15 is 0 Å². The van der Waals surface area contributed by atoms with Crippen LogP contribution in [0.2, 0.25) is 0 Å². The fourth-order valence-corrected chi connectivity index (χ4v) is 0.258. The van der Waals surface area contributed by atoms with E-state index in [2.05, 4.69) is 11.3 Å². The first kappa shape index (κ1) is 12.2. The molecule has 62 valence electrons. The van der Waals surface area contributed by atoms with E-state index in [4.69, 9.17) is 10.2 Å². The molecule has 0 aromatic carbocycles. The smallest absolute Gasteiger partial charge is 0.151 e. The molecule has 0 aliphatic heterocycles. The van der Waals surface area contributed by atoms with Gasteiger partial charge in [0.25, 0.3) is 0 Å². The number of rotatable bonds is 3. The molecule has 0 aliphatic carbocycles. The maximum atomic E-state index is 8.11. The Morgan fingerprint density at radius 2 is 2.00 bits per heavy atom. The van der Waals surface area contributed by atoms with Crippen LogP contribution in [0.5, 0.6) is 0 Å². The minimum absolute atomic E-state index is 0.486. The van der Waals surface area contributed by atoms with Crippen molar-refractivity contribution in [3.05, 3.63) is 12.8 Å². The molecule has 0 aromatic heterocycles. The number of aliphatic hydroxyl groups is 2. The van der Waals surface area contributed by atoms with Crippen molar-refractivity contribution < 1.29 is 14.9 Å². The largest absolute Gasteiger partial charge is 0.505 e. The Labute approximate surface area is 61.9 Å². The average molecular weight is 148 g/mol. The zero-order valence-corrected chi connectivity index (χ0v) is 6.58. The van der Waals surface area contributed by atoms with Crippen molar-refractivity contribution in [3.8, 4) is 0 Å². The van der Waals surface area contributed by atoms with Crippen molar-refractivity contribution in [2.45, 2.75) is 26.1 Å². The molecule has 2 N–H and O–H groups in total. The number of ether oxygens (including phenoxy) is 1. The number of methoxy groups -OCH3 is 1. The Hall–Kier alpha value is -0.540. The molecule has 3 nitrogen and oxygen atoms in total. The van der Waals surface area contributed by atoms with E-state index in [0.717, 1.165) is 6.42 Å². The summed E-state index contributed by atoms with van der Waals surface area (Å²) < 4.78 is 4.31. The van der Waals surface area contributed by atoms with Crippen molar-refractivity contribution in [1.82, 2.24) is 0 Å². The van der Waals surface area contributed by atoms with Gasteiger partial charge in [0.15, 0.2) is 6.29 Å². The highest BCUT2D eigenvalue weighted by molar-refractivity contribution is 4.43. The van der Waals surface area contributed by atoms with Gasteiger partial charge in [0, 0.05) is 0 Å². The maximum absolute atomic E-state index is 8.11. The van der Waals surface area contributed by atoms with Crippen LogP contribution in [0.25, 0.3) is 0 Å². The monoisotopic (exact) mass is 148 g/mol. The Balaban J connectivity index is 0. The lowest BCUT2D eigenvalue weighted by atomic mass is 10.3. The van der Waals surface area contributed by atoms with Crippen molar-refractivity contribution in [2.75, 3.05) is 7.11 Å². The molecule has 3 heteroatoms. The molecule has 0 heterocycles. The molecule has 0 aromatic rings. The molecule has 0 bridgehead atoms. The minimum Gasteiger partial charge on any atom is -0.505 e. The van der Waals surface area contributed by atoms with Gasteiger partial charge in [-0.1, -0.05) is 19.9 Å². The average Bonchev–Trinajstić information content (AvgIpc) is 1.89. The zero-order chi connectivity index (χ0) is 8.41. The first-order valence-electron chi connectivity index (χ1n) is 3.18. The third kappa shape index (κ3) is 26.0.